The van der Waals surface area contributed by atoms with Crippen LogP contribution in [0.3, 0.4) is 0 Å². The zero-order chi connectivity index (χ0) is 53.6. The van der Waals surface area contributed by atoms with Crippen LogP contribution in [0.2, 0.25) is 115 Å². The van der Waals surface area contributed by atoms with Crippen LogP contribution in [-0.2, 0) is 94.9 Å². The van der Waals surface area contributed by atoms with Crippen molar-refractivity contribution in [1.82, 2.24) is 0 Å². The van der Waals surface area contributed by atoms with Crippen LogP contribution in [0, 0.1) is 0 Å². The SMILES string of the molecule is CO[Si](CCC[Si]1(C)O[SiH](C)O[SiH](C)O[SiH](C)O1)(OC)OC.CO[Si](CCC[Si]1(C)O[SiH](C)O[Si](C)(CCCOCC2CO2)O[SiH](C)O1)(OC)OC.C[SiH]1O[SiH](C)O[Si](C)(CCCOCC2CO2)O[SiH](C)O1. The largest absolute Gasteiger partial charge is 0.500 e. The Morgan fingerprint density at radius 1 is 0.375 bits per heavy atom. The molecule has 428 valence electrons. The number of epoxide rings is 2. The van der Waals surface area contributed by atoms with Crippen LogP contribution < -0.4 is 0 Å². The summed E-state index contributed by atoms with van der Waals surface area (Å²) in [4.78, 5) is 0. The second kappa shape index (κ2) is 33.8. The average Bonchev–Trinajstić information content (AvgIpc) is 4.23. The predicted octanol–water partition coefficient (Wildman–Crippen LogP) is 3.44. The Labute approximate surface area is 453 Å². The number of ether oxygens (including phenoxy) is 4. The van der Waals surface area contributed by atoms with E-state index in [1.165, 1.54) is 0 Å². The lowest BCUT2D eigenvalue weighted by atomic mass is 10.5. The first kappa shape index (κ1) is 68.4. The van der Waals surface area contributed by atoms with Gasteiger partial charge in [0.25, 0.3) is 55.7 Å². The van der Waals surface area contributed by atoms with E-state index in [1.807, 2.05) is 6.55 Å². The molecule has 72 heavy (non-hydrogen) atoms. The minimum atomic E-state index is -2.58. The third-order valence-corrected chi connectivity index (χ3v) is 61.8. The van der Waals surface area contributed by atoms with Crippen molar-refractivity contribution in [3.63, 3.8) is 0 Å². The molecule has 0 amide bonds. The average molecular weight is 1270 g/mol. The number of hydrogen-bond donors (Lipinski definition) is 0. The summed E-state index contributed by atoms with van der Waals surface area (Å²) in [5.41, 5.74) is 0. The molecule has 0 saturated carbocycles. The zero-order valence-corrected chi connectivity index (χ0v) is 62.3. The van der Waals surface area contributed by atoms with E-state index in [0.29, 0.717) is 32.0 Å². The maximum Gasteiger partial charge on any atom is 0.500 e. The van der Waals surface area contributed by atoms with Gasteiger partial charge in [-0.05, 0) is 128 Å². The smallest absolute Gasteiger partial charge is 0.420 e. The topological polar surface area (TPSA) is 210 Å². The first-order chi connectivity index (χ1) is 33.9. The van der Waals surface area contributed by atoms with Crippen molar-refractivity contribution in [3.05, 3.63) is 0 Å². The summed E-state index contributed by atoms with van der Waals surface area (Å²) in [5, 5.41) is 0. The summed E-state index contributed by atoms with van der Waals surface area (Å²) in [7, 11) is -17.8. The zero-order valence-electron chi connectivity index (χ0n) is 47.1. The molecule has 5 saturated heterocycles. The van der Waals surface area contributed by atoms with Gasteiger partial charge in [-0.15, -0.1) is 0 Å². The fourth-order valence-electron chi connectivity index (χ4n) is 8.81. The van der Waals surface area contributed by atoms with E-state index < -0.39 is 126 Å². The first-order valence-corrected chi connectivity index (χ1v) is 56.4. The summed E-state index contributed by atoms with van der Waals surface area (Å²) in [6.07, 6.45) is 4.28. The molecule has 5 heterocycles. The summed E-state index contributed by atoms with van der Waals surface area (Å²) >= 11 is 0. The molecule has 0 aromatic carbocycles. The highest BCUT2D eigenvalue weighted by molar-refractivity contribution is 6.85. The van der Waals surface area contributed by atoms with Gasteiger partial charge in [0.2, 0.25) is 0 Å². The van der Waals surface area contributed by atoms with Crippen LogP contribution in [0.1, 0.15) is 25.7 Å². The Kier molecular flexibility index (Phi) is 32.1. The van der Waals surface area contributed by atoms with Crippen LogP contribution in [0.25, 0.3) is 0 Å². The fraction of sp³-hybridized carbons (Fsp3) is 1.00. The third kappa shape index (κ3) is 27.1. The van der Waals surface area contributed by atoms with Gasteiger partial charge in [0, 0.05) is 68.0 Å². The molecule has 8 unspecified atom stereocenters. The van der Waals surface area contributed by atoms with Gasteiger partial charge in [0.05, 0.1) is 26.4 Å². The second-order valence-electron chi connectivity index (χ2n) is 19.1. The first-order valence-electron chi connectivity index (χ1n) is 25.7. The lowest BCUT2D eigenvalue weighted by Gasteiger charge is -2.41. The van der Waals surface area contributed by atoms with Crippen molar-refractivity contribution in [3.8, 4) is 0 Å². The maximum absolute atomic E-state index is 6.50. The van der Waals surface area contributed by atoms with Gasteiger partial charge in [-0.3, -0.25) is 0 Å². The number of rotatable bonds is 26. The molecule has 0 aromatic rings. The second-order valence-corrected chi connectivity index (χ2v) is 57.4. The highest BCUT2D eigenvalue weighted by atomic mass is 28.5. The van der Waals surface area contributed by atoms with E-state index in [0.717, 1.165) is 81.8 Å². The highest BCUT2D eigenvalue weighted by Gasteiger charge is 2.47. The van der Waals surface area contributed by atoms with Gasteiger partial charge < -0.3 is 94.9 Å². The van der Waals surface area contributed by atoms with E-state index in [1.54, 1.807) is 42.7 Å². The van der Waals surface area contributed by atoms with Gasteiger partial charge in [-0.1, -0.05) is 0 Å². The van der Waals surface area contributed by atoms with Crippen molar-refractivity contribution >= 4 is 126 Å². The fourth-order valence-corrected chi connectivity index (χ4v) is 59.7. The van der Waals surface area contributed by atoms with E-state index >= 15 is 0 Å². The molecule has 0 radical (unpaired) electrons. The minimum absolute atomic E-state index is 0.306. The van der Waals surface area contributed by atoms with Gasteiger partial charge in [0.15, 0.2) is 0 Å². The van der Waals surface area contributed by atoms with Crippen LogP contribution in [-0.4, -0.2) is 221 Å². The maximum atomic E-state index is 6.50. The monoisotopic (exact) mass is 1270 g/mol. The van der Waals surface area contributed by atoms with E-state index in [9.17, 15) is 0 Å². The molecule has 0 N–H and O–H groups in total. The minimum Gasteiger partial charge on any atom is -0.420 e. The van der Waals surface area contributed by atoms with Crippen LogP contribution in [0.15, 0.2) is 0 Å². The molecule has 36 heteroatoms. The molecule has 0 bridgehead atoms. The van der Waals surface area contributed by atoms with Gasteiger partial charge in [-0.25, -0.2) is 0 Å². The van der Waals surface area contributed by atoms with Crippen molar-refractivity contribution in [2.75, 3.05) is 82.3 Å². The van der Waals surface area contributed by atoms with Crippen molar-refractivity contribution in [2.45, 2.75) is 153 Å². The summed E-state index contributed by atoms with van der Waals surface area (Å²) in [5.74, 6) is 0. The van der Waals surface area contributed by atoms with Crippen LogP contribution in [0.5, 0.6) is 0 Å². The number of hydrogen-bond acceptors (Lipinski definition) is 22. The lowest BCUT2D eigenvalue weighted by molar-refractivity contribution is 0.115. The Hall–Kier alpha value is 2.16. The molecule has 0 aliphatic carbocycles. The third-order valence-electron chi connectivity index (χ3n) is 12.2. The molecular formula is C36H96O22Si14. The Balaban J connectivity index is 0.000000293. The molecular weight excluding hydrogens is 1180 g/mol. The standard InChI is InChI=1S/C16H40O9Si5.C10H30O7Si5.C10H26O6Si4/c1-17-30(18-2,19-3)13-9-12-29(7)24-26(4)22-28(6,23-27(5)25-29)11-8-10-20-14-16-15-21-16;1-11-22(12-2,13-3)10-8-9-21(7)16-19(5)14-18(4)15-20(6)17-21;1-17-13-18(2)15-20(4,16-19(3)14-17)7-5-6-11-8-10-9-12-10/h16,26-27H,8-15H2,1-7H3;18-20H,8-10H2,1-7H3;10,17-19H,5-9H2,1-4H3. The van der Waals surface area contributed by atoms with Gasteiger partial charge >= 0.3 is 70.4 Å². The quantitative estimate of drug-likeness (QED) is 0.0690. The Bertz CT molecular complexity index is 1410. The Morgan fingerprint density at radius 2 is 0.611 bits per heavy atom. The normalized spacial score (nSPS) is 36.8. The van der Waals surface area contributed by atoms with Crippen molar-refractivity contribution in [1.29, 1.82) is 0 Å². The van der Waals surface area contributed by atoms with E-state index in [-0.39, 0.29) is 0 Å². The van der Waals surface area contributed by atoms with Crippen molar-refractivity contribution in [2.24, 2.45) is 0 Å². The van der Waals surface area contributed by atoms with Gasteiger partial charge in [0.1, 0.15) is 12.2 Å². The summed E-state index contributed by atoms with van der Waals surface area (Å²) < 4.78 is 129. The highest BCUT2D eigenvalue weighted by Crippen LogP contribution is 2.30. The molecule has 0 spiro atoms. The molecule has 5 rings (SSSR count). The Morgan fingerprint density at radius 3 is 0.847 bits per heavy atom. The summed E-state index contributed by atoms with van der Waals surface area (Å²) in [6, 6.07) is 5.03. The molecule has 5 fully saturated rings. The molecule has 22 nitrogen and oxygen atoms in total. The molecule has 5 aliphatic heterocycles. The summed E-state index contributed by atoms with van der Waals surface area (Å²) in [6.45, 7) is 29.5. The van der Waals surface area contributed by atoms with Crippen molar-refractivity contribution < 1.29 is 94.9 Å². The van der Waals surface area contributed by atoms with E-state index in [2.05, 4.69) is 72.0 Å². The van der Waals surface area contributed by atoms with Crippen LogP contribution in [0.4, 0.5) is 0 Å². The van der Waals surface area contributed by atoms with Crippen LogP contribution >= 0.6 is 0 Å². The van der Waals surface area contributed by atoms with E-state index in [4.69, 9.17) is 94.9 Å². The molecule has 0 aromatic heterocycles. The predicted molar refractivity (Wildman–Crippen MR) is 306 cm³/mol. The lowest BCUT2D eigenvalue weighted by Crippen LogP contribution is -2.58. The van der Waals surface area contributed by atoms with Gasteiger partial charge in [-0.2, -0.15) is 0 Å². The molecule has 5 aliphatic rings. The molecule has 8 atom stereocenters.